The SMILES string of the molecule is CCN(CCCN1CCc2cccc3c2C1CC3)S(=O)(=O)c1ccc2c(c1)CCO2. The van der Waals surface area contributed by atoms with Crippen LogP contribution in [0.1, 0.15) is 48.1 Å². The van der Waals surface area contributed by atoms with Crippen LogP contribution >= 0.6 is 0 Å². The largest absolute Gasteiger partial charge is 0.493 e. The van der Waals surface area contributed by atoms with Gasteiger partial charge in [-0.1, -0.05) is 25.1 Å². The van der Waals surface area contributed by atoms with E-state index in [4.69, 9.17) is 4.74 Å². The molecule has 1 atom stereocenters. The van der Waals surface area contributed by atoms with Gasteiger partial charge in [-0.3, -0.25) is 4.90 Å². The molecule has 0 aromatic heterocycles. The molecule has 2 aliphatic heterocycles. The first kappa shape index (κ1) is 20.0. The average molecular weight is 427 g/mol. The number of benzene rings is 2. The van der Waals surface area contributed by atoms with Crippen LogP contribution in [-0.4, -0.2) is 50.4 Å². The first-order valence-electron chi connectivity index (χ1n) is 11.2. The maximum atomic E-state index is 13.2. The summed E-state index contributed by atoms with van der Waals surface area (Å²) in [6, 6.07) is 12.5. The molecule has 0 fully saturated rings. The maximum absolute atomic E-state index is 13.2. The Morgan fingerprint density at radius 1 is 1.10 bits per heavy atom. The summed E-state index contributed by atoms with van der Waals surface area (Å²) in [5.41, 5.74) is 5.59. The Morgan fingerprint density at radius 2 is 1.93 bits per heavy atom. The third-order valence-electron chi connectivity index (χ3n) is 6.92. The summed E-state index contributed by atoms with van der Waals surface area (Å²) >= 11 is 0. The Morgan fingerprint density at radius 3 is 2.77 bits per heavy atom. The van der Waals surface area contributed by atoms with Crippen molar-refractivity contribution in [1.29, 1.82) is 0 Å². The van der Waals surface area contributed by atoms with Crippen LogP contribution in [0.15, 0.2) is 41.3 Å². The molecule has 2 aromatic rings. The number of hydrogen-bond donors (Lipinski definition) is 0. The number of fused-ring (bicyclic) bond motifs is 1. The molecular weight excluding hydrogens is 396 g/mol. The fraction of sp³-hybridized carbons (Fsp3) is 0.500. The Balaban J connectivity index is 1.25. The van der Waals surface area contributed by atoms with Crippen molar-refractivity contribution in [1.82, 2.24) is 9.21 Å². The van der Waals surface area contributed by atoms with Gasteiger partial charge in [0.15, 0.2) is 0 Å². The van der Waals surface area contributed by atoms with Crippen molar-refractivity contribution >= 4 is 10.0 Å². The second-order valence-corrected chi connectivity index (χ2v) is 10.5. The Kier molecular flexibility index (Phi) is 5.33. The number of rotatable bonds is 7. The third-order valence-corrected chi connectivity index (χ3v) is 8.89. The van der Waals surface area contributed by atoms with Crippen molar-refractivity contribution in [3.8, 4) is 5.75 Å². The second kappa shape index (κ2) is 7.98. The molecule has 0 saturated carbocycles. The molecule has 5 nitrogen and oxygen atoms in total. The van der Waals surface area contributed by atoms with Gasteiger partial charge in [-0.15, -0.1) is 0 Å². The highest BCUT2D eigenvalue weighted by atomic mass is 32.2. The molecule has 0 N–H and O–H groups in total. The molecular formula is C24H30N2O3S. The zero-order valence-corrected chi connectivity index (χ0v) is 18.5. The van der Waals surface area contributed by atoms with E-state index >= 15 is 0 Å². The van der Waals surface area contributed by atoms with Crippen molar-refractivity contribution < 1.29 is 13.2 Å². The van der Waals surface area contributed by atoms with E-state index in [1.807, 2.05) is 6.92 Å². The lowest BCUT2D eigenvalue weighted by Crippen LogP contribution is -2.38. The van der Waals surface area contributed by atoms with Gasteiger partial charge in [-0.25, -0.2) is 8.42 Å². The minimum Gasteiger partial charge on any atom is -0.493 e. The number of sulfonamides is 1. The molecule has 0 spiro atoms. The Labute approximate surface area is 179 Å². The number of ether oxygens (including phenoxy) is 1. The molecule has 2 heterocycles. The number of aryl methyl sites for hydroxylation is 1. The highest BCUT2D eigenvalue weighted by Crippen LogP contribution is 2.41. The molecule has 1 aliphatic carbocycles. The predicted octanol–water partition coefficient (Wildman–Crippen LogP) is 3.57. The van der Waals surface area contributed by atoms with E-state index in [0.29, 0.717) is 30.6 Å². The van der Waals surface area contributed by atoms with Crippen molar-refractivity contribution in [3.63, 3.8) is 0 Å². The lowest BCUT2D eigenvalue weighted by molar-refractivity contribution is 0.179. The molecule has 0 bridgehead atoms. The van der Waals surface area contributed by atoms with Gasteiger partial charge in [0.05, 0.1) is 11.5 Å². The summed E-state index contributed by atoms with van der Waals surface area (Å²) in [7, 11) is -3.47. The van der Waals surface area contributed by atoms with E-state index in [0.717, 1.165) is 43.7 Å². The Hall–Kier alpha value is -1.89. The van der Waals surface area contributed by atoms with E-state index in [1.54, 1.807) is 28.1 Å². The summed E-state index contributed by atoms with van der Waals surface area (Å²) in [4.78, 5) is 2.97. The van der Waals surface area contributed by atoms with Gasteiger partial charge in [-0.2, -0.15) is 4.31 Å². The monoisotopic (exact) mass is 426 g/mol. The standard InChI is InChI=1S/C24H30N2O3S/c1-2-26(30(27,28)21-8-10-23-20(17-21)12-16-29-23)14-4-13-25-15-11-19-6-3-5-18-7-9-22(25)24(18)19/h3,5-6,8,10,17,22H,2,4,7,9,11-16H2,1H3. The van der Waals surface area contributed by atoms with Crippen molar-refractivity contribution in [3.05, 3.63) is 58.7 Å². The van der Waals surface area contributed by atoms with Crippen LogP contribution in [0.25, 0.3) is 0 Å². The van der Waals surface area contributed by atoms with E-state index in [2.05, 4.69) is 23.1 Å². The minimum absolute atomic E-state index is 0.390. The lowest BCUT2D eigenvalue weighted by Gasteiger charge is -2.35. The smallest absolute Gasteiger partial charge is 0.243 e. The molecule has 6 heteroatoms. The van der Waals surface area contributed by atoms with E-state index < -0.39 is 10.0 Å². The van der Waals surface area contributed by atoms with Gasteiger partial charge in [0.25, 0.3) is 0 Å². The fourth-order valence-corrected chi connectivity index (χ4v) is 6.93. The highest BCUT2D eigenvalue weighted by molar-refractivity contribution is 7.89. The summed E-state index contributed by atoms with van der Waals surface area (Å²) in [5, 5.41) is 0. The average Bonchev–Trinajstić information content (AvgIpc) is 3.40. The van der Waals surface area contributed by atoms with Crippen LogP contribution in [0.2, 0.25) is 0 Å². The summed E-state index contributed by atoms with van der Waals surface area (Å²) in [6.45, 7) is 5.64. The van der Waals surface area contributed by atoms with E-state index in [1.165, 1.54) is 24.0 Å². The molecule has 0 radical (unpaired) electrons. The first-order valence-corrected chi connectivity index (χ1v) is 12.6. The van der Waals surface area contributed by atoms with E-state index in [9.17, 15) is 8.42 Å². The quantitative estimate of drug-likeness (QED) is 0.679. The molecule has 30 heavy (non-hydrogen) atoms. The normalized spacial score (nSPS) is 20.3. The third kappa shape index (κ3) is 3.45. The molecule has 3 aliphatic rings. The van der Waals surface area contributed by atoms with Crippen LogP contribution < -0.4 is 4.74 Å². The fourth-order valence-electron chi connectivity index (χ4n) is 5.39. The molecule has 1 unspecified atom stereocenters. The van der Waals surface area contributed by atoms with Gasteiger partial charge in [0, 0.05) is 38.6 Å². The van der Waals surface area contributed by atoms with Crippen LogP contribution in [0.4, 0.5) is 0 Å². The molecule has 160 valence electrons. The van der Waals surface area contributed by atoms with Gasteiger partial charge < -0.3 is 4.74 Å². The van der Waals surface area contributed by atoms with Crippen LogP contribution in [0, 0.1) is 0 Å². The predicted molar refractivity (Wildman–Crippen MR) is 117 cm³/mol. The topological polar surface area (TPSA) is 49.9 Å². The summed E-state index contributed by atoms with van der Waals surface area (Å²) < 4.78 is 33.6. The van der Waals surface area contributed by atoms with Crippen molar-refractivity contribution in [2.24, 2.45) is 0 Å². The second-order valence-electron chi connectivity index (χ2n) is 8.55. The highest BCUT2D eigenvalue weighted by Gasteiger charge is 2.33. The van der Waals surface area contributed by atoms with Gasteiger partial charge in [0.1, 0.15) is 5.75 Å². The van der Waals surface area contributed by atoms with Crippen LogP contribution in [-0.2, 0) is 29.3 Å². The maximum Gasteiger partial charge on any atom is 0.243 e. The van der Waals surface area contributed by atoms with Gasteiger partial charge in [-0.05, 0) is 66.1 Å². The van der Waals surface area contributed by atoms with E-state index in [-0.39, 0.29) is 0 Å². The van der Waals surface area contributed by atoms with Crippen molar-refractivity contribution in [2.45, 2.75) is 50.0 Å². The summed E-state index contributed by atoms with van der Waals surface area (Å²) in [5.74, 6) is 0.818. The molecule has 0 amide bonds. The summed E-state index contributed by atoms with van der Waals surface area (Å²) in [6.07, 6.45) is 5.10. The molecule has 2 aromatic carbocycles. The minimum atomic E-state index is -3.47. The van der Waals surface area contributed by atoms with Crippen LogP contribution in [0.5, 0.6) is 5.75 Å². The zero-order chi connectivity index (χ0) is 20.7. The Bertz CT molecular complexity index is 1050. The first-order chi connectivity index (χ1) is 14.6. The number of hydrogen-bond acceptors (Lipinski definition) is 4. The number of nitrogens with zero attached hydrogens (tertiary/aromatic N) is 2. The molecule has 5 rings (SSSR count). The van der Waals surface area contributed by atoms with Crippen molar-refractivity contribution in [2.75, 3.05) is 32.8 Å². The lowest BCUT2D eigenvalue weighted by atomic mass is 9.93. The van der Waals surface area contributed by atoms with Crippen LogP contribution in [0.3, 0.4) is 0 Å². The zero-order valence-electron chi connectivity index (χ0n) is 17.6. The molecule has 0 saturated heterocycles. The van der Waals surface area contributed by atoms with Gasteiger partial charge >= 0.3 is 0 Å². The van der Waals surface area contributed by atoms with Gasteiger partial charge in [0.2, 0.25) is 10.0 Å².